The second kappa shape index (κ2) is 6.03. The van der Waals surface area contributed by atoms with E-state index in [-0.39, 0.29) is 5.75 Å². The Labute approximate surface area is 127 Å². The van der Waals surface area contributed by atoms with E-state index in [4.69, 9.17) is 9.68 Å². The van der Waals surface area contributed by atoms with Gasteiger partial charge in [-0.1, -0.05) is 11.8 Å². The van der Waals surface area contributed by atoms with Crippen LogP contribution >= 0.6 is 11.8 Å². The summed E-state index contributed by atoms with van der Waals surface area (Å²) in [6.45, 7) is 0. The van der Waals surface area contributed by atoms with Gasteiger partial charge in [-0.05, 0) is 43.4 Å². The number of hydrogen-bond acceptors (Lipinski definition) is 5. The lowest BCUT2D eigenvalue weighted by atomic mass is 9.89. The lowest BCUT2D eigenvalue weighted by Crippen LogP contribution is -2.10. The van der Waals surface area contributed by atoms with Crippen molar-refractivity contribution in [2.24, 2.45) is 0 Å². The van der Waals surface area contributed by atoms with Crippen LogP contribution in [0.5, 0.6) is 0 Å². The van der Waals surface area contributed by atoms with Crippen molar-refractivity contribution in [3.63, 3.8) is 0 Å². The van der Waals surface area contributed by atoms with Crippen molar-refractivity contribution >= 4 is 11.8 Å². The predicted molar refractivity (Wildman–Crippen MR) is 79.6 cm³/mol. The lowest BCUT2D eigenvalue weighted by molar-refractivity contribution is 0.578. The third kappa shape index (κ3) is 2.53. The molecular weight excluding hydrogens is 282 g/mol. The van der Waals surface area contributed by atoms with E-state index in [9.17, 15) is 5.26 Å². The highest BCUT2D eigenvalue weighted by atomic mass is 32.2. The summed E-state index contributed by atoms with van der Waals surface area (Å²) in [5, 5.41) is 19.0. The fourth-order valence-electron chi connectivity index (χ4n) is 2.72. The van der Waals surface area contributed by atoms with Crippen LogP contribution in [-0.2, 0) is 12.8 Å². The molecule has 0 spiro atoms. The van der Waals surface area contributed by atoms with E-state index in [1.54, 1.807) is 6.26 Å². The standard InChI is InChI=1S/C16H13N3OS/c17-7-9-21-16-12(10-18)15(14-6-3-8-20-14)11-4-1-2-5-13(11)19-16/h3,6,8H,1-2,4-5,9H2. The van der Waals surface area contributed by atoms with Crippen molar-refractivity contribution in [1.29, 1.82) is 10.5 Å². The van der Waals surface area contributed by atoms with Gasteiger partial charge in [-0.15, -0.1) is 0 Å². The predicted octanol–water partition coefficient (Wildman–Crippen LogP) is 3.71. The zero-order valence-electron chi connectivity index (χ0n) is 11.4. The summed E-state index contributed by atoms with van der Waals surface area (Å²) in [6, 6.07) is 8.06. The first-order valence-electron chi connectivity index (χ1n) is 6.84. The highest BCUT2D eigenvalue weighted by Crippen LogP contribution is 2.37. The summed E-state index contributed by atoms with van der Waals surface area (Å²) in [4.78, 5) is 4.64. The topological polar surface area (TPSA) is 73.6 Å². The van der Waals surface area contributed by atoms with Crippen LogP contribution in [0.4, 0.5) is 0 Å². The minimum atomic E-state index is 0.290. The van der Waals surface area contributed by atoms with Crippen LogP contribution in [0.3, 0.4) is 0 Å². The number of furan rings is 1. The number of nitriles is 2. The molecule has 2 aromatic rings. The molecule has 0 unspecified atom stereocenters. The van der Waals surface area contributed by atoms with Gasteiger partial charge in [0, 0.05) is 11.3 Å². The minimum Gasteiger partial charge on any atom is -0.464 e. The summed E-state index contributed by atoms with van der Waals surface area (Å²) in [7, 11) is 0. The van der Waals surface area contributed by atoms with Gasteiger partial charge >= 0.3 is 0 Å². The summed E-state index contributed by atoms with van der Waals surface area (Å²) in [5.41, 5.74) is 3.58. The molecule has 3 rings (SSSR count). The second-order valence-corrected chi connectivity index (χ2v) is 5.80. The fourth-order valence-corrected chi connectivity index (χ4v) is 3.39. The van der Waals surface area contributed by atoms with Crippen molar-refractivity contribution in [2.75, 3.05) is 5.75 Å². The third-order valence-corrected chi connectivity index (χ3v) is 4.44. The molecule has 4 nitrogen and oxygen atoms in total. The molecule has 2 aromatic heterocycles. The van der Waals surface area contributed by atoms with Gasteiger partial charge in [0.05, 0.1) is 23.6 Å². The summed E-state index contributed by atoms with van der Waals surface area (Å²) in [5.74, 6) is 1.00. The highest BCUT2D eigenvalue weighted by molar-refractivity contribution is 7.99. The molecule has 1 aliphatic rings. The average molecular weight is 295 g/mol. The maximum Gasteiger partial charge on any atom is 0.135 e. The van der Waals surface area contributed by atoms with Crippen molar-refractivity contribution in [1.82, 2.24) is 4.98 Å². The zero-order valence-corrected chi connectivity index (χ0v) is 12.2. The zero-order chi connectivity index (χ0) is 14.7. The molecular formula is C16H13N3OS. The summed E-state index contributed by atoms with van der Waals surface area (Å²) < 4.78 is 5.53. The number of nitrogens with zero attached hydrogens (tertiary/aromatic N) is 3. The van der Waals surface area contributed by atoms with E-state index in [1.165, 1.54) is 11.8 Å². The Bertz CT molecular complexity index is 738. The number of fused-ring (bicyclic) bond motifs is 1. The second-order valence-electron chi connectivity index (χ2n) is 4.84. The molecule has 5 heteroatoms. The first-order chi connectivity index (χ1) is 10.3. The lowest BCUT2D eigenvalue weighted by Gasteiger charge is -2.20. The molecule has 0 atom stereocenters. The van der Waals surface area contributed by atoms with Gasteiger partial charge in [0.2, 0.25) is 0 Å². The molecule has 0 saturated carbocycles. The van der Waals surface area contributed by atoms with Crippen molar-refractivity contribution in [3.8, 4) is 23.5 Å². The molecule has 104 valence electrons. The largest absolute Gasteiger partial charge is 0.464 e. The van der Waals surface area contributed by atoms with Crippen LogP contribution in [0.25, 0.3) is 11.3 Å². The molecule has 0 fully saturated rings. The summed E-state index contributed by atoms with van der Waals surface area (Å²) in [6.07, 6.45) is 5.70. The highest BCUT2D eigenvalue weighted by Gasteiger charge is 2.24. The molecule has 1 aliphatic carbocycles. The third-order valence-electron chi connectivity index (χ3n) is 3.59. The van der Waals surface area contributed by atoms with E-state index >= 15 is 0 Å². The van der Waals surface area contributed by atoms with Gasteiger partial charge in [0.15, 0.2) is 0 Å². The number of rotatable bonds is 3. The maximum atomic E-state index is 9.57. The maximum absolute atomic E-state index is 9.57. The van der Waals surface area contributed by atoms with Gasteiger partial charge < -0.3 is 4.42 Å². The molecule has 0 bridgehead atoms. The van der Waals surface area contributed by atoms with Crippen LogP contribution in [0.1, 0.15) is 29.7 Å². The number of aromatic nitrogens is 1. The fraction of sp³-hybridized carbons (Fsp3) is 0.312. The van der Waals surface area contributed by atoms with Crippen LogP contribution in [0.2, 0.25) is 0 Å². The Morgan fingerprint density at radius 2 is 2.14 bits per heavy atom. The van der Waals surface area contributed by atoms with Gasteiger partial charge in [0.25, 0.3) is 0 Å². The molecule has 2 heterocycles. The quantitative estimate of drug-likeness (QED) is 0.807. The van der Waals surface area contributed by atoms with Crippen molar-refractivity contribution in [2.45, 2.75) is 30.7 Å². The van der Waals surface area contributed by atoms with Gasteiger partial charge in [0.1, 0.15) is 16.9 Å². The van der Waals surface area contributed by atoms with Gasteiger partial charge in [-0.3, -0.25) is 0 Å². The molecule has 0 saturated heterocycles. The van der Waals surface area contributed by atoms with E-state index in [1.807, 2.05) is 12.1 Å². The van der Waals surface area contributed by atoms with Crippen molar-refractivity contribution in [3.05, 3.63) is 35.2 Å². The van der Waals surface area contributed by atoms with E-state index in [2.05, 4.69) is 17.1 Å². The SMILES string of the molecule is N#CCSc1nc2c(c(-c3ccco3)c1C#N)CCCC2. The first-order valence-corrected chi connectivity index (χ1v) is 7.83. The normalized spacial score (nSPS) is 13.2. The Morgan fingerprint density at radius 3 is 2.86 bits per heavy atom. The molecule has 0 aromatic carbocycles. The molecule has 0 radical (unpaired) electrons. The molecule has 21 heavy (non-hydrogen) atoms. The average Bonchev–Trinajstić information content (AvgIpc) is 3.05. The monoisotopic (exact) mass is 295 g/mol. The smallest absolute Gasteiger partial charge is 0.135 e. The Hall–Kier alpha value is -2.24. The number of thioether (sulfide) groups is 1. The van der Waals surface area contributed by atoms with Crippen LogP contribution < -0.4 is 0 Å². The van der Waals surface area contributed by atoms with E-state index < -0.39 is 0 Å². The summed E-state index contributed by atoms with van der Waals surface area (Å²) >= 11 is 1.32. The van der Waals surface area contributed by atoms with Gasteiger partial charge in [-0.2, -0.15) is 10.5 Å². The molecule has 0 amide bonds. The van der Waals surface area contributed by atoms with Crippen LogP contribution in [0.15, 0.2) is 27.8 Å². The minimum absolute atomic E-state index is 0.290. The van der Waals surface area contributed by atoms with Crippen LogP contribution in [0, 0.1) is 22.7 Å². The van der Waals surface area contributed by atoms with Crippen LogP contribution in [-0.4, -0.2) is 10.7 Å². The van der Waals surface area contributed by atoms with Crippen molar-refractivity contribution < 1.29 is 4.42 Å². The Balaban J connectivity index is 2.23. The number of aryl methyl sites for hydroxylation is 1. The first kappa shape index (κ1) is 13.7. The molecule has 0 N–H and O–H groups in total. The Kier molecular flexibility index (Phi) is 3.94. The van der Waals surface area contributed by atoms with E-state index in [0.717, 1.165) is 42.5 Å². The Morgan fingerprint density at radius 1 is 1.29 bits per heavy atom. The number of hydrogen-bond donors (Lipinski definition) is 0. The molecule has 0 aliphatic heterocycles. The van der Waals surface area contributed by atoms with Gasteiger partial charge in [-0.25, -0.2) is 4.98 Å². The number of pyridine rings is 1. The van der Waals surface area contributed by atoms with E-state index in [0.29, 0.717) is 16.3 Å².